The van der Waals surface area contributed by atoms with Gasteiger partial charge in [-0.1, -0.05) is 18.2 Å². The number of halogens is 2. The van der Waals surface area contributed by atoms with Crippen LogP contribution in [0.25, 0.3) is 0 Å². The minimum Gasteiger partial charge on any atom is -0.339 e. The molecule has 0 spiro atoms. The summed E-state index contributed by atoms with van der Waals surface area (Å²) in [5.41, 5.74) is 1.80. The molecule has 25 heavy (non-hydrogen) atoms. The Morgan fingerprint density at radius 3 is 2.44 bits per heavy atom. The molecule has 2 N–H and O–H groups in total. The smallest absolute Gasteiger partial charge is 0.276 e. The number of anilines is 3. The highest BCUT2D eigenvalue weighted by Gasteiger charge is 2.12. The highest BCUT2D eigenvalue weighted by atomic mass is 19.1. The highest BCUT2D eigenvalue weighted by molar-refractivity contribution is 6.02. The first-order chi connectivity index (χ1) is 12.0. The van der Waals surface area contributed by atoms with E-state index in [0.29, 0.717) is 11.9 Å². The second kappa shape index (κ2) is 7.04. The number of aromatic nitrogens is 2. The van der Waals surface area contributed by atoms with Crippen LogP contribution in [0.1, 0.15) is 16.1 Å². The lowest BCUT2D eigenvalue weighted by atomic mass is 10.2. The van der Waals surface area contributed by atoms with Crippen LogP contribution in [0.5, 0.6) is 0 Å². The summed E-state index contributed by atoms with van der Waals surface area (Å²) in [5, 5.41) is 13.2. The Morgan fingerprint density at radius 1 is 0.960 bits per heavy atom. The maximum atomic E-state index is 13.6. The summed E-state index contributed by atoms with van der Waals surface area (Å²) < 4.78 is 26.4. The SMILES string of the molecule is Cc1ccccc1Nc1ccc(C(=O)Nc2ccc(F)cc2F)nn1. The van der Waals surface area contributed by atoms with Crippen LogP contribution in [0.3, 0.4) is 0 Å². The summed E-state index contributed by atoms with van der Waals surface area (Å²) in [5.74, 6) is -1.75. The van der Waals surface area contributed by atoms with Crippen LogP contribution in [0.15, 0.2) is 54.6 Å². The zero-order valence-corrected chi connectivity index (χ0v) is 13.3. The van der Waals surface area contributed by atoms with Gasteiger partial charge in [0.05, 0.1) is 5.69 Å². The highest BCUT2D eigenvalue weighted by Crippen LogP contribution is 2.19. The van der Waals surface area contributed by atoms with Crippen LogP contribution in [0.2, 0.25) is 0 Å². The lowest BCUT2D eigenvalue weighted by molar-refractivity contribution is 0.102. The summed E-state index contributed by atoms with van der Waals surface area (Å²) in [6, 6.07) is 13.6. The summed E-state index contributed by atoms with van der Waals surface area (Å²) in [7, 11) is 0. The predicted octanol–water partition coefficient (Wildman–Crippen LogP) is 4.06. The molecule has 0 unspecified atom stereocenters. The number of aryl methyl sites for hydroxylation is 1. The van der Waals surface area contributed by atoms with Crippen molar-refractivity contribution in [3.05, 3.63) is 77.5 Å². The first-order valence-electron chi connectivity index (χ1n) is 7.46. The Bertz CT molecular complexity index is 913. The maximum absolute atomic E-state index is 13.6. The van der Waals surface area contributed by atoms with Gasteiger partial charge in [-0.25, -0.2) is 8.78 Å². The fourth-order valence-corrected chi connectivity index (χ4v) is 2.15. The molecule has 1 aromatic heterocycles. The fourth-order valence-electron chi connectivity index (χ4n) is 2.15. The third-order valence-corrected chi connectivity index (χ3v) is 3.48. The van der Waals surface area contributed by atoms with Gasteiger partial charge in [-0.2, -0.15) is 0 Å². The lowest BCUT2D eigenvalue weighted by Crippen LogP contribution is -2.15. The van der Waals surface area contributed by atoms with Crippen LogP contribution in [0, 0.1) is 18.6 Å². The van der Waals surface area contributed by atoms with Gasteiger partial charge in [-0.05, 0) is 42.8 Å². The van der Waals surface area contributed by atoms with Crippen molar-refractivity contribution in [2.75, 3.05) is 10.6 Å². The average Bonchev–Trinajstić information content (AvgIpc) is 2.60. The topological polar surface area (TPSA) is 66.9 Å². The molecule has 0 saturated heterocycles. The molecule has 3 rings (SSSR count). The standard InChI is InChI=1S/C18H14F2N4O/c1-11-4-2-3-5-14(11)21-17-9-8-16(23-24-17)18(25)22-15-7-6-12(19)10-13(15)20/h2-10H,1H3,(H,21,24)(H,22,25). The predicted molar refractivity (Wildman–Crippen MR) is 90.8 cm³/mol. The third kappa shape index (κ3) is 3.95. The number of rotatable bonds is 4. The molecule has 1 amide bonds. The van der Waals surface area contributed by atoms with E-state index in [2.05, 4.69) is 20.8 Å². The molecule has 0 aliphatic rings. The molecule has 0 saturated carbocycles. The van der Waals surface area contributed by atoms with Crippen LogP contribution in [-0.2, 0) is 0 Å². The molecule has 0 radical (unpaired) electrons. The number of benzene rings is 2. The van der Waals surface area contributed by atoms with E-state index in [1.165, 1.54) is 6.07 Å². The molecule has 3 aromatic rings. The maximum Gasteiger partial charge on any atom is 0.276 e. The number of nitrogens with zero attached hydrogens (tertiary/aromatic N) is 2. The summed E-state index contributed by atoms with van der Waals surface area (Å²) in [6.07, 6.45) is 0. The summed E-state index contributed by atoms with van der Waals surface area (Å²) in [4.78, 5) is 12.1. The van der Waals surface area contributed by atoms with E-state index in [1.807, 2.05) is 31.2 Å². The molecule has 1 heterocycles. The van der Waals surface area contributed by atoms with Crippen molar-refractivity contribution >= 4 is 23.1 Å². The molecule has 2 aromatic carbocycles. The van der Waals surface area contributed by atoms with Gasteiger partial charge in [0.25, 0.3) is 5.91 Å². The van der Waals surface area contributed by atoms with Gasteiger partial charge in [0.15, 0.2) is 11.5 Å². The van der Waals surface area contributed by atoms with Crippen LogP contribution in [-0.4, -0.2) is 16.1 Å². The van der Waals surface area contributed by atoms with E-state index in [9.17, 15) is 13.6 Å². The van der Waals surface area contributed by atoms with E-state index in [-0.39, 0.29) is 11.4 Å². The van der Waals surface area contributed by atoms with Crippen molar-refractivity contribution in [1.82, 2.24) is 10.2 Å². The Labute approximate surface area is 142 Å². The number of carbonyl (C=O) groups is 1. The van der Waals surface area contributed by atoms with Crippen molar-refractivity contribution in [1.29, 1.82) is 0 Å². The Balaban J connectivity index is 1.71. The van der Waals surface area contributed by atoms with Crippen molar-refractivity contribution in [3.63, 3.8) is 0 Å². The first-order valence-corrected chi connectivity index (χ1v) is 7.46. The molecule has 7 heteroatoms. The monoisotopic (exact) mass is 340 g/mol. The number of para-hydroxylation sites is 1. The number of hydrogen-bond acceptors (Lipinski definition) is 4. The van der Waals surface area contributed by atoms with E-state index in [4.69, 9.17) is 0 Å². The Kier molecular flexibility index (Phi) is 4.65. The van der Waals surface area contributed by atoms with Crippen LogP contribution >= 0.6 is 0 Å². The van der Waals surface area contributed by atoms with Gasteiger partial charge in [0, 0.05) is 11.8 Å². The largest absolute Gasteiger partial charge is 0.339 e. The minimum atomic E-state index is -0.862. The van der Waals surface area contributed by atoms with Crippen molar-refractivity contribution in [2.45, 2.75) is 6.92 Å². The van der Waals surface area contributed by atoms with Gasteiger partial charge >= 0.3 is 0 Å². The number of hydrogen-bond donors (Lipinski definition) is 2. The molecule has 0 aliphatic heterocycles. The van der Waals surface area contributed by atoms with Crippen molar-refractivity contribution in [2.24, 2.45) is 0 Å². The van der Waals surface area contributed by atoms with E-state index < -0.39 is 17.5 Å². The normalized spacial score (nSPS) is 10.4. The van der Waals surface area contributed by atoms with Crippen molar-refractivity contribution in [3.8, 4) is 0 Å². The molecule has 0 aliphatic carbocycles. The lowest BCUT2D eigenvalue weighted by Gasteiger charge is -2.09. The summed E-state index contributed by atoms with van der Waals surface area (Å²) in [6.45, 7) is 1.95. The molecular formula is C18H14F2N4O. The van der Waals surface area contributed by atoms with Crippen LogP contribution < -0.4 is 10.6 Å². The van der Waals surface area contributed by atoms with Gasteiger partial charge < -0.3 is 10.6 Å². The van der Waals surface area contributed by atoms with E-state index in [0.717, 1.165) is 23.4 Å². The quantitative estimate of drug-likeness (QED) is 0.752. The molecule has 0 atom stereocenters. The summed E-state index contributed by atoms with van der Waals surface area (Å²) >= 11 is 0. The average molecular weight is 340 g/mol. The molecular weight excluding hydrogens is 326 g/mol. The number of amides is 1. The Hall–Kier alpha value is -3.35. The second-order valence-corrected chi connectivity index (χ2v) is 5.32. The third-order valence-electron chi connectivity index (χ3n) is 3.48. The molecule has 0 fully saturated rings. The van der Waals surface area contributed by atoms with Crippen LogP contribution in [0.4, 0.5) is 26.0 Å². The minimum absolute atomic E-state index is 0.0130. The van der Waals surface area contributed by atoms with E-state index >= 15 is 0 Å². The van der Waals surface area contributed by atoms with Gasteiger partial charge in [0.1, 0.15) is 11.6 Å². The molecule has 126 valence electrons. The zero-order chi connectivity index (χ0) is 17.8. The van der Waals surface area contributed by atoms with E-state index in [1.54, 1.807) is 6.07 Å². The fraction of sp³-hybridized carbons (Fsp3) is 0.0556. The second-order valence-electron chi connectivity index (χ2n) is 5.32. The van der Waals surface area contributed by atoms with Crippen molar-refractivity contribution < 1.29 is 13.6 Å². The Morgan fingerprint density at radius 2 is 1.76 bits per heavy atom. The first kappa shape index (κ1) is 16.5. The van der Waals surface area contributed by atoms with Gasteiger partial charge in [-0.3, -0.25) is 4.79 Å². The molecule has 5 nitrogen and oxygen atoms in total. The van der Waals surface area contributed by atoms with Gasteiger partial charge in [0.2, 0.25) is 0 Å². The molecule has 0 bridgehead atoms. The van der Waals surface area contributed by atoms with Gasteiger partial charge in [-0.15, -0.1) is 10.2 Å². The number of carbonyl (C=O) groups excluding carboxylic acids is 1. The zero-order valence-electron chi connectivity index (χ0n) is 13.3. The number of nitrogens with one attached hydrogen (secondary N) is 2.